The van der Waals surface area contributed by atoms with Gasteiger partial charge in [-0.15, -0.1) is 11.3 Å². The molecule has 1 aromatic carbocycles. The number of rotatable bonds is 7. The Labute approximate surface area is 142 Å². The summed E-state index contributed by atoms with van der Waals surface area (Å²) in [6, 6.07) is 9.30. The van der Waals surface area contributed by atoms with Crippen molar-refractivity contribution in [2.75, 3.05) is 13.7 Å². The van der Waals surface area contributed by atoms with Gasteiger partial charge in [0.05, 0.1) is 44.7 Å². The Morgan fingerprint density at radius 1 is 1.33 bits per heavy atom. The van der Waals surface area contributed by atoms with E-state index in [2.05, 4.69) is 4.98 Å². The van der Waals surface area contributed by atoms with E-state index in [0.29, 0.717) is 16.8 Å². The molecule has 7 heteroatoms. The van der Waals surface area contributed by atoms with Crippen LogP contribution in [-0.4, -0.2) is 34.5 Å². The summed E-state index contributed by atoms with van der Waals surface area (Å²) < 4.78 is 12.2. The molecule has 0 spiro atoms. The molecular formula is C17H18N2O4S. The van der Waals surface area contributed by atoms with Gasteiger partial charge in [-0.25, -0.2) is 4.98 Å². The van der Waals surface area contributed by atoms with Crippen LogP contribution in [0, 0.1) is 0 Å². The van der Waals surface area contributed by atoms with Gasteiger partial charge in [-0.3, -0.25) is 9.36 Å². The van der Waals surface area contributed by atoms with Gasteiger partial charge in [0.1, 0.15) is 10.6 Å². The van der Waals surface area contributed by atoms with Gasteiger partial charge < -0.3 is 14.6 Å². The number of hydrogen-bond acceptors (Lipinski definition) is 6. The molecular weight excluding hydrogens is 328 g/mol. The molecule has 2 aromatic heterocycles. The van der Waals surface area contributed by atoms with Gasteiger partial charge in [0.25, 0.3) is 5.56 Å². The maximum absolute atomic E-state index is 12.3. The van der Waals surface area contributed by atoms with E-state index in [1.807, 2.05) is 29.6 Å². The van der Waals surface area contributed by atoms with Crippen molar-refractivity contribution in [2.24, 2.45) is 0 Å². The molecule has 1 N–H and O–H groups in total. The van der Waals surface area contributed by atoms with Crippen molar-refractivity contribution in [3.63, 3.8) is 0 Å². The highest BCUT2D eigenvalue weighted by atomic mass is 32.1. The predicted octanol–water partition coefficient (Wildman–Crippen LogP) is 2.04. The molecule has 0 aliphatic carbocycles. The second kappa shape index (κ2) is 7.57. The third-order valence-electron chi connectivity index (χ3n) is 3.62. The molecule has 6 nitrogen and oxygen atoms in total. The number of methoxy groups -OCH3 is 1. The van der Waals surface area contributed by atoms with E-state index in [-0.39, 0.29) is 18.7 Å². The first-order valence-corrected chi connectivity index (χ1v) is 8.37. The Bertz CT molecular complexity index is 874. The highest BCUT2D eigenvalue weighted by Crippen LogP contribution is 2.18. The van der Waals surface area contributed by atoms with Crippen LogP contribution in [0.5, 0.6) is 5.75 Å². The molecule has 1 unspecified atom stereocenters. The summed E-state index contributed by atoms with van der Waals surface area (Å²) in [5.74, 6) is 0.746. The van der Waals surface area contributed by atoms with Gasteiger partial charge in [-0.1, -0.05) is 18.2 Å². The highest BCUT2D eigenvalue weighted by molar-refractivity contribution is 7.16. The van der Waals surface area contributed by atoms with Gasteiger partial charge >= 0.3 is 0 Å². The number of aromatic nitrogens is 2. The number of ether oxygens (including phenoxy) is 2. The molecule has 2 heterocycles. The number of para-hydroxylation sites is 1. The molecule has 0 fully saturated rings. The number of aliphatic hydroxyl groups excluding tert-OH is 1. The maximum atomic E-state index is 12.3. The fraction of sp³-hybridized carbons (Fsp3) is 0.294. The van der Waals surface area contributed by atoms with E-state index in [1.165, 1.54) is 22.2 Å². The molecule has 0 bridgehead atoms. The molecule has 0 amide bonds. The average Bonchev–Trinajstić information content (AvgIpc) is 3.07. The largest absolute Gasteiger partial charge is 0.496 e. The van der Waals surface area contributed by atoms with Crippen LogP contribution in [0.25, 0.3) is 10.2 Å². The number of thiophene rings is 1. The highest BCUT2D eigenvalue weighted by Gasteiger charge is 2.11. The van der Waals surface area contributed by atoms with E-state index in [9.17, 15) is 9.90 Å². The van der Waals surface area contributed by atoms with E-state index in [4.69, 9.17) is 9.47 Å². The number of aliphatic hydroxyl groups is 1. The lowest BCUT2D eigenvalue weighted by Crippen LogP contribution is -2.29. The topological polar surface area (TPSA) is 73.6 Å². The summed E-state index contributed by atoms with van der Waals surface area (Å²) >= 11 is 1.42. The van der Waals surface area contributed by atoms with Gasteiger partial charge in [-0.2, -0.15) is 0 Å². The van der Waals surface area contributed by atoms with E-state index >= 15 is 0 Å². The summed E-state index contributed by atoms with van der Waals surface area (Å²) in [5.41, 5.74) is 0.760. The number of benzene rings is 1. The van der Waals surface area contributed by atoms with Crippen molar-refractivity contribution < 1.29 is 14.6 Å². The molecule has 3 rings (SSSR count). The van der Waals surface area contributed by atoms with Crippen molar-refractivity contribution in [3.8, 4) is 5.75 Å². The smallest absolute Gasteiger partial charge is 0.262 e. The van der Waals surface area contributed by atoms with Crippen molar-refractivity contribution in [1.29, 1.82) is 0 Å². The van der Waals surface area contributed by atoms with Crippen LogP contribution >= 0.6 is 11.3 Å². The number of hydrogen-bond donors (Lipinski definition) is 1. The normalized spacial score (nSPS) is 12.4. The standard InChI is InChI=1S/C17H18N2O4S/c1-22-15-5-3-2-4-12(15)9-23-10-13(20)8-19-11-18-16-14(17(19)21)6-7-24-16/h2-7,11,13,20H,8-10H2,1H3. The number of fused-ring (bicyclic) bond motifs is 1. The molecule has 0 aliphatic heterocycles. The summed E-state index contributed by atoms with van der Waals surface area (Å²) in [6.45, 7) is 0.591. The second-order valence-electron chi connectivity index (χ2n) is 5.32. The third kappa shape index (κ3) is 3.64. The van der Waals surface area contributed by atoms with E-state index in [0.717, 1.165) is 11.3 Å². The zero-order valence-corrected chi connectivity index (χ0v) is 14.0. The van der Waals surface area contributed by atoms with Gasteiger partial charge in [0.15, 0.2) is 0 Å². The Hall–Kier alpha value is -2.22. The van der Waals surface area contributed by atoms with Crippen molar-refractivity contribution in [3.05, 3.63) is 58.0 Å². The van der Waals surface area contributed by atoms with Crippen LogP contribution in [0.1, 0.15) is 5.56 Å². The first-order chi connectivity index (χ1) is 11.7. The zero-order chi connectivity index (χ0) is 16.9. The SMILES string of the molecule is COc1ccccc1COCC(O)Cn1cnc2sccc2c1=O. The molecule has 1 atom stereocenters. The quantitative estimate of drug-likeness (QED) is 0.709. The van der Waals surface area contributed by atoms with Crippen molar-refractivity contribution in [1.82, 2.24) is 9.55 Å². The Morgan fingerprint density at radius 2 is 2.17 bits per heavy atom. The maximum Gasteiger partial charge on any atom is 0.262 e. The first kappa shape index (κ1) is 16.6. The molecule has 0 saturated heterocycles. The Kier molecular flexibility index (Phi) is 5.24. The summed E-state index contributed by atoms with van der Waals surface area (Å²) in [5, 5.41) is 12.5. The lowest BCUT2D eigenvalue weighted by molar-refractivity contribution is 0.0192. The summed E-state index contributed by atoms with van der Waals surface area (Å²) in [4.78, 5) is 17.2. The molecule has 0 aliphatic rings. The van der Waals surface area contributed by atoms with Crippen LogP contribution in [0.15, 0.2) is 46.8 Å². The zero-order valence-electron chi connectivity index (χ0n) is 13.2. The Morgan fingerprint density at radius 3 is 3.00 bits per heavy atom. The van der Waals surface area contributed by atoms with Crippen LogP contribution in [0.4, 0.5) is 0 Å². The fourth-order valence-corrected chi connectivity index (χ4v) is 3.15. The fourth-order valence-electron chi connectivity index (χ4n) is 2.43. The third-order valence-corrected chi connectivity index (χ3v) is 4.44. The van der Waals surface area contributed by atoms with Crippen LogP contribution in [-0.2, 0) is 17.9 Å². The number of nitrogens with zero attached hydrogens (tertiary/aromatic N) is 2. The predicted molar refractivity (Wildman–Crippen MR) is 92.5 cm³/mol. The lowest BCUT2D eigenvalue weighted by atomic mass is 10.2. The van der Waals surface area contributed by atoms with Crippen molar-refractivity contribution >= 4 is 21.6 Å². The van der Waals surface area contributed by atoms with Crippen LogP contribution < -0.4 is 10.3 Å². The van der Waals surface area contributed by atoms with Crippen molar-refractivity contribution in [2.45, 2.75) is 19.3 Å². The minimum absolute atomic E-state index is 0.117. The molecule has 0 radical (unpaired) electrons. The molecule has 126 valence electrons. The van der Waals surface area contributed by atoms with Crippen LogP contribution in [0.3, 0.4) is 0 Å². The second-order valence-corrected chi connectivity index (χ2v) is 6.22. The van der Waals surface area contributed by atoms with E-state index < -0.39 is 6.10 Å². The Balaban J connectivity index is 1.58. The summed E-state index contributed by atoms with van der Waals surface area (Å²) in [7, 11) is 1.60. The van der Waals surface area contributed by atoms with Gasteiger partial charge in [-0.05, 0) is 17.5 Å². The molecule has 0 saturated carbocycles. The molecule has 24 heavy (non-hydrogen) atoms. The molecule has 3 aromatic rings. The minimum Gasteiger partial charge on any atom is -0.496 e. The first-order valence-electron chi connectivity index (χ1n) is 7.49. The van der Waals surface area contributed by atoms with E-state index in [1.54, 1.807) is 13.2 Å². The van der Waals surface area contributed by atoms with Crippen LogP contribution in [0.2, 0.25) is 0 Å². The van der Waals surface area contributed by atoms with Gasteiger partial charge in [0.2, 0.25) is 0 Å². The minimum atomic E-state index is -0.796. The lowest BCUT2D eigenvalue weighted by Gasteiger charge is -2.14. The average molecular weight is 346 g/mol. The summed E-state index contributed by atoms with van der Waals surface area (Å²) in [6.07, 6.45) is 0.667. The monoisotopic (exact) mass is 346 g/mol. The van der Waals surface area contributed by atoms with Gasteiger partial charge in [0, 0.05) is 5.56 Å².